The smallest absolute Gasteiger partial charge is 0.255 e. The maximum atomic E-state index is 12.1. The number of nitrogens with zero attached hydrogens (tertiary/aromatic N) is 1. The summed E-state index contributed by atoms with van der Waals surface area (Å²) in [5, 5.41) is 3.92. The predicted molar refractivity (Wildman–Crippen MR) is 79.0 cm³/mol. The Bertz CT molecular complexity index is 435. The van der Waals surface area contributed by atoms with Gasteiger partial charge in [-0.3, -0.25) is 4.79 Å². The van der Waals surface area contributed by atoms with Crippen molar-refractivity contribution >= 4 is 23.2 Å². The van der Waals surface area contributed by atoms with Crippen molar-refractivity contribution < 1.29 is 9.53 Å². The number of carbonyl (C=O) groups is 1. The van der Waals surface area contributed by atoms with Gasteiger partial charge >= 0.3 is 0 Å². The molecule has 0 aliphatic rings. The number of methoxy groups -OCH3 is 1. The summed E-state index contributed by atoms with van der Waals surface area (Å²) in [6.07, 6.45) is 0.899. The van der Waals surface area contributed by atoms with Crippen LogP contribution in [0, 0.1) is 0 Å². The van der Waals surface area contributed by atoms with Crippen molar-refractivity contribution in [2.75, 3.05) is 33.1 Å². The summed E-state index contributed by atoms with van der Waals surface area (Å²) in [5.41, 5.74) is 1.36. The third-order valence-electron chi connectivity index (χ3n) is 2.84. The van der Waals surface area contributed by atoms with Gasteiger partial charge in [-0.05, 0) is 24.6 Å². The van der Waals surface area contributed by atoms with E-state index in [0.717, 1.165) is 12.1 Å². The number of hydrogen-bond donors (Lipinski definition) is 1. The second-order valence-corrected chi connectivity index (χ2v) is 5.03. The second-order valence-electron chi connectivity index (χ2n) is 4.59. The van der Waals surface area contributed by atoms with E-state index in [1.165, 1.54) is 0 Å². The second kappa shape index (κ2) is 7.36. The highest BCUT2D eigenvalue weighted by Gasteiger charge is 2.16. The van der Waals surface area contributed by atoms with Crippen LogP contribution in [-0.2, 0) is 4.74 Å². The van der Waals surface area contributed by atoms with E-state index in [1.54, 1.807) is 44.3 Å². The fourth-order valence-corrected chi connectivity index (χ4v) is 1.92. The minimum Gasteiger partial charge on any atom is -0.383 e. The zero-order valence-corrected chi connectivity index (χ0v) is 12.6. The molecule has 106 valence electrons. The van der Waals surface area contributed by atoms with Crippen LogP contribution in [-0.4, -0.2) is 44.7 Å². The molecule has 0 aliphatic heterocycles. The summed E-state index contributed by atoms with van der Waals surface area (Å²) in [4.78, 5) is 13.7. The Morgan fingerprint density at radius 3 is 2.68 bits per heavy atom. The highest BCUT2D eigenvalue weighted by atomic mass is 35.5. The van der Waals surface area contributed by atoms with Gasteiger partial charge in [0.2, 0.25) is 0 Å². The first-order valence-corrected chi connectivity index (χ1v) is 6.64. The van der Waals surface area contributed by atoms with Crippen LogP contribution in [0.1, 0.15) is 23.7 Å². The highest BCUT2D eigenvalue weighted by Crippen LogP contribution is 2.23. The molecule has 1 amide bonds. The van der Waals surface area contributed by atoms with Crippen molar-refractivity contribution in [1.82, 2.24) is 4.90 Å². The number of ether oxygens (including phenoxy) is 1. The summed E-state index contributed by atoms with van der Waals surface area (Å²) in [6.45, 7) is 2.65. The van der Waals surface area contributed by atoms with Crippen molar-refractivity contribution in [3.8, 4) is 0 Å². The summed E-state index contributed by atoms with van der Waals surface area (Å²) >= 11 is 6.01. The fourth-order valence-electron chi connectivity index (χ4n) is 1.75. The third kappa shape index (κ3) is 4.40. The average Bonchev–Trinajstić information content (AvgIpc) is 2.37. The Morgan fingerprint density at radius 1 is 1.47 bits per heavy atom. The number of halogens is 1. The Balaban J connectivity index is 3.03. The molecule has 1 unspecified atom stereocenters. The Kier molecular flexibility index (Phi) is 6.12. The van der Waals surface area contributed by atoms with Gasteiger partial charge in [0, 0.05) is 38.0 Å². The molecule has 0 aliphatic carbocycles. The molecule has 0 fully saturated rings. The van der Waals surface area contributed by atoms with Crippen molar-refractivity contribution in [3.05, 3.63) is 28.8 Å². The minimum absolute atomic E-state index is 0.0496. The predicted octanol–water partition coefficient (Wildman–Crippen LogP) is 2.88. The number of anilines is 1. The first kappa shape index (κ1) is 15.8. The Hall–Kier alpha value is -1.26. The number of amides is 1. The fraction of sp³-hybridized carbons (Fsp3) is 0.500. The maximum absolute atomic E-state index is 12.1. The SMILES string of the molecule is CCC(COC)Nc1cc(Cl)ccc1C(=O)N(C)C. The van der Waals surface area contributed by atoms with Crippen molar-refractivity contribution in [2.45, 2.75) is 19.4 Å². The zero-order valence-electron chi connectivity index (χ0n) is 11.9. The third-order valence-corrected chi connectivity index (χ3v) is 3.07. The van der Waals surface area contributed by atoms with Gasteiger partial charge in [-0.15, -0.1) is 0 Å². The minimum atomic E-state index is -0.0496. The van der Waals surface area contributed by atoms with Crippen molar-refractivity contribution in [1.29, 1.82) is 0 Å². The molecule has 0 aromatic heterocycles. The van der Waals surface area contributed by atoms with Gasteiger partial charge in [0.05, 0.1) is 12.2 Å². The van der Waals surface area contributed by atoms with Gasteiger partial charge in [0.15, 0.2) is 0 Å². The van der Waals surface area contributed by atoms with E-state index in [4.69, 9.17) is 16.3 Å². The van der Waals surface area contributed by atoms with Crippen LogP contribution >= 0.6 is 11.6 Å². The summed E-state index contributed by atoms with van der Waals surface area (Å²) in [5.74, 6) is -0.0496. The van der Waals surface area contributed by atoms with Crippen LogP contribution in [0.4, 0.5) is 5.69 Å². The molecule has 0 saturated heterocycles. The van der Waals surface area contributed by atoms with Crippen LogP contribution in [0.5, 0.6) is 0 Å². The van der Waals surface area contributed by atoms with Gasteiger partial charge in [0.25, 0.3) is 5.91 Å². The summed E-state index contributed by atoms with van der Waals surface area (Å²) in [6, 6.07) is 5.39. The lowest BCUT2D eigenvalue weighted by Crippen LogP contribution is -2.27. The first-order chi connectivity index (χ1) is 8.99. The van der Waals surface area contributed by atoms with E-state index in [9.17, 15) is 4.79 Å². The van der Waals surface area contributed by atoms with Crippen molar-refractivity contribution in [3.63, 3.8) is 0 Å². The number of carbonyl (C=O) groups excluding carboxylic acids is 1. The Morgan fingerprint density at radius 2 is 2.16 bits per heavy atom. The lowest BCUT2D eigenvalue weighted by Gasteiger charge is -2.21. The van der Waals surface area contributed by atoms with Gasteiger partial charge in [0.1, 0.15) is 0 Å². The molecular formula is C14H21ClN2O2. The Labute approximate surface area is 119 Å². The largest absolute Gasteiger partial charge is 0.383 e. The number of nitrogens with one attached hydrogen (secondary N) is 1. The molecule has 1 aromatic rings. The van der Waals surface area contributed by atoms with E-state index in [1.807, 2.05) is 0 Å². The molecule has 1 rings (SSSR count). The zero-order chi connectivity index (χ0) is 14.4. The molecular weight excluding hydrogens is 264 g/mol. The molecule has 1 atom stereocenters. The van der Waals surface area contributed by atoms with E-state index in [-0.39, 0.29) is 11.9 Å². The lowest BCUT2D eigenvalue weighted by molar-refractivity contribution is 0.0828. The number of benzene rings is 1. The molecule has 0 saturated carbocycles. The van der Waals surface area contributed by atoms with Crippen LogP contribution in [0.2, 0.25) is 5.02 Å². The normalized spacial score (nSPS) is 12.1. The topological polar surface area (TPSA) is 41.6 Å². The molecule has 0 radical (unpaired) electrons. The quantitative estimate of drug-likeness (QED) is 0.873. The van der Waals surface area contributed by atoms with Crippen molar-refractivity contribution in [2.24, 2.45) is 0 Å². The van der Waals surface area contributed by atoms with Gasteiger partial charge in [-0.25, -0.2) is 0 Å². The van der Waals surface area contributed by atoms with Gasteiger partial charge < -0.3 is 15.0 Å². The standard InChI is InChI=1S/C14H21ClN2O2/c1-5-11(9-19-4)16-13-8-10(15)6-7-12(13)14(18)17(2)3/h6-8,11,16H,5,9H2,1-4H3. The molecule has 5 heteroatoms. The first-order valence-electron chi connectivity index (χ1n) is 6.26. The molecule has 0 spiro atoms. The molecule has 19 heavy (non-hydrogen) atoms. The highest BCUT2D eigenvalue weighted by molar-refractivity contribution is 6.31. The molecule has 1 N–H and O–H groups in total. The summed E-state index contributed by atoms with van der Waals surface area (Å²) in [7, 11) is 5.12. The average molecular weight is 285 g/mol. The molecule has 0 heterocycles. The van der Waals surface area contributed by atoms with Crippen LogP contribution in [0.15, 0.2) is 18.2 Å². The lowest BCUT2D eigenvalue weighted by atomic mass is 10.1. The molecule has 4 nitrogen and oxygen atoms in total. The molecule has 1 aromatic carbocycles. The van der Waals surface area contributed by atoms with Gasteiger partial charge in [-0.1, -0.05) is 18.5 Å². The van der Waals surface area contributed by atoms with E-state index < -0.39 is 0 Å². The molecule has 0 bridgehead atoms. The maximum Gasteiger partial charge on any atom is 0.255 e. The number of hydrogen-bond acceptors (Lipinski definition) is 3. The van der Waals surface area contributed by atoms with Crippen LogP contribution in [0.3, 0.4) is 0 Å². The van der Waals surface area contributed by atoms with Gasteiger partial charge in [-0.2, -0.15) is 0 Å². The number of rotatable bonds is 6. The van der Waals surface area contributed by atoms with E-state index in [0.29, 0.717) is 17.2 Å². The van der Waals surface area contributed by atoms with Crippen LogP contribution in [0.25, 0.3) is 0 Å². The summed E-state index contributed by atoms with van der Waals surface area (Å²) < 4.78 is 5.15. The van der Waals surface area contributed by atoms with E-state index >= 15 is 0 Å². The monoisotopic (exact) mass is 284 g/mol. The van der Waals surface area contributed by atoms with Crippen LogP contribution < -0.4 is 5.32 Å². The van der Waals surface area contributed by atoms with E-state index in [2.05, 4.69) is 12.2 Å².